The second kappa shape index (κ2) is 7.09. The fourth-order valence-electron chi connectivity index (χ4n) is 1.52. The van der Waals surface area contributed by atoms with Gasteiger partial charge in [0.05, 0.1) is 19.6 Å². The Morgan fingerprint density at radius 1 is 1.47 bits per heavy atom. The maximum absolute atomic E-state index is 13.4. The van der Waals surface area contributed by atoms with Crippen molar-refractivity contribution in [2.24, 2.45) is 5.92 Å². The van der Waals surface area contributed by atoms with Crippen molar-refractivity contribution >= 4 is 5.91 Å². The number of halogens is 1. The van der Waals surface area contributed by atoms with Crippen LogP contribution in [0.3, 0.4) is 0 Å². The van der Waals surface area contributed by atoms with Crippen molar-refractivity contribution in [2.45, 2.75) is 32.9 Å². The van der Waals surface area contributed by atoms with Crippen molar-refractivity contribution in [3.05, 3.63) is 29.6 Å². The molecule has 0 spiro atoms. The van der Waals surface area contributed by atoms with Gasteiger partial charge in [-0.25, -0.2) is 4.39 Å². The van der Waals surface area contributed by atoms with Crippen LogP contribution in [0.5, 0.6) is 5.75 Å². The number of amides is 1. The van der Waals surface area contributed by atoms with Gasteiger partial charge in [0.2, 0.25) is 5.91 Å². The largest absolute Gasteiger partial charge is 0.494 e. The van der Waals surface area contributed by atoms with Crippen LogP contribution >= 0.6 is 0 Å². The number of carbonyl (C=O) groups is 1. The van der Waals surface area contributed by atoms with E-state index in [0.717, 1.165) is 0 Å². The lowest BCUT2D eigenvalue weighted by atomic mass is 10.0. The molecule has 0 aliphatic rings. The molecule has 0 aliphatic carbocycles. The number of aliphatic hydroxyl groups excluding tert-OH is 1. The summed E-state index contributed by atoms with van der Waals surface area (Å²) < 4.78 is 18.2. The first-order valence-corrected chi connectivity index (χ1v) is 6.21. The van der Waals surface area contributed by atoms with Crippen LogP contribution in [0.2, 0.25) is 0 Å². The molecule has 0 aliphatic heterocycles. The number of hydrogen-bond donors (Lipinski definition) is 2. The normalized spacial score (nSPS) is 12.3. The molecule has 106 valence electrons. The van der Waals surface area contributed by atoms with Gasteiger partial charge in [0.15, 0.2) is 11.6 Å². The molecule has 1 rings (SSSR count). The van der Waals surface area contributed by atoms with Crippen LogP contribution in [0, 0.1) is 11.7 Å². The van der Waals surface area contributed by atoms with E-state index in [4.69, 9.17) is 4.74 Å². The topological polar surface area (TPSA) is 58.6 Å². The summed E-state index contributed by atoms with van der Waals surface area (Å²) in [5.74, 6) is -0.511. The third-order valence-corrected chi connectivity index (χ3v) is 2.87. The molecule has 1 aromatic rings. The molecule has 0 heterocycles. The lowest BCUT2D eigenvalue weighted by Gasteiger charge is -2.14. The van der Waals surface area contributed by atoms with Gasteiger partial charge < -0.3 is 15.2 Å². The van der Waals surface area contributed by atoms with E-state index in [9.17, 15) is 14.3 Å². The van der Waals surface area contributed by atoms with E-state index in [0.29, 0.717) is 5.56 Å². The Hall–Kier alpha value is -1.62. The molecule has 1 atom stereocenters. The van der Waals surface area contributed by atoms with E-state index >= 15 is 0 Å². The molecule has 2 N–H and O–H groups in total. The second-order valence-electron chi connectivity index (χ2n) is 4.76. The van der Waals surface area contributed by atoms with Gasteiger partial charge in [0.1, 0.15) is 0 Å². The molecule has 1 unspecified atom stereocenters. The second-order valence-corrected chi connectivity index (χ2v) is 4.76. The molecule has 4 nitrogen and oxygen atoms in total. The van der Waals surface area contributed by atoms with E-state index in [1.54, 1.807) is 6.07 Å². The summed E-state index contributed by atoms with van der Waals surface area (Å²) in [4.78, 5) is 11.5. The standard InChI is InChI=1S/C14H20FNO3/c1-9(2)12(17)7-14(18)16-8-10-4-5-13(19-3)11(15)6-10/h4-6,9,12,17H,7-8H2,1-3H3,(H,16,18). The number of carbonyl (C=O) groups excluding carboxylic acids is 1. The fraction of sp³-hybridized carbons (Fsp3) is 0.500. The molecule has 0 aromatic heterocycles. The van der Waals surface area contributed by atoms with Gasteiger partial charge in [-0.15, -0.1) is 0 Å². The van der Waals surface area contributed by atoms with Gasteiger partial charge >= 0.3 is 0 Å². The predicted octanol–water partition coefficient (Wildman–Crippen LogP) is 1.86. The number of benzene rings is 1. The molecule has 0 saturated carbocycles. The highest BCUT2D eigenvalue weighted by atomic mass is 19.1. The van der Waals surface area contributed by atoms with Crippen molar-refractivity contribution in [3.8, 4) is 5.75 Å². The number of aliphatic hydroxyl groups is 1. The summed E-state index contributed by atoms with van der Waals surface area (Å²) >= 11 is 0. The zero-order chi connectivity index (χ0) is 14.4. The smallest absolute Gasteiger partial charge is 0.222 e. The van der Waals surface area contributed by atoms with Gasteiger partial charge in [-0.1, -0.05) is 19.9 Å². The van der Waals surface area contributed by atoms with E-state index in [1.165, 1.54) is 19.2 Å². The maximum atomic E-state index is 13.4. The maximum Gasteiger partial charge on any atom is 0.222 e. The van der Waals surface area contributed by atoms with Gasteiger partial charge in [0, 0.05) is 6.54 Å². The van der Waals surface area contributed by atoms with Crippen molar-refractivity contribution in [1.29, 1.82) is 0 Å². The number of nitrogens with one attached hydrogen (secondary N) is 1. The molecule has 5 heteroatoms. The fourth-order valence-corrected chi connectivity index (χ4v) is 1.52. The van der Waals surface area contributed by atoms with Crippen LogP contribution in [0.25, 0.3) is 0 Å². The van der Waals surface area contributed by atoms with Crippen LogP contribution in [0.1, 0.15) is 25.8 Å². The average Bonchev–Trinajstić information content (AvgIpc) is 2.36. The van der Waals surface area contributed by atoms with Gasteiger partial charge in [0.25, 0.3) is 0 Å². The molecule has 0 saturated heterocycles. The van der Waals surface area contributed by atoms with Crippen molar-refractivity contribution < 1.29 is 19.0 Å². The summed E-state index contributed by atoms with van der Waals surface area (Å²) in [7, 11) is 1.40. The highest BCUT2D eigenvalue weighted by molar-refractivity contribution is 5.76. The molecular formula is C14H20FNO3. The first-order chi connectivity index (χ1) is 8.93. The molecule has 0 bridgehead atoms. The molecular weight excluding hydrogens is 249 g/mol. The van der Waals surface area contributed by atoms with Crippen LogP contribution in [0.15, 0.2) is 18.2 Å². The van der Waals surface area contributed by atoms with Crippen LogP contribution in [0.4, 0.5) is 4.39 Å². The number of hydrogen-bond acceptors (Lipinski definition) is 3. The Bertz CT molecular complexity index is 435. The van der Waals surface area contributed by atoms with Crippen LogP contribution in [-0.2, 0) is 11.3 Å². The molecule has 0 fully saturated rings. The lowest BCUT2D eigenvalue weighted by molar-refractivity contribution is -0.123. The number of rotatable bonds is 6. The first-order valence-electron chi connectivity index (χ1n) is 6.21. The minimum absolute atomic E-state index is 0.0316. The highest BCUT2D eigenvalue weighted by Crippen LogP contribution is 2.17. The van der Waals surface area contributed by atoms with Crippen molar-refractivity contribution in [1.82, 2.24) is 5.32 Å². The minimum Gasteiger partial charge on any atom is -0.494 e. The van der Waals surface area contributed by atoms with Crippen LogP contribution < -0.4 is 10.1 Å². The Morgan fingerprint density at radius 3 is 2.68 bits per heavy atom. The zero-order valence-electron chi connectivity index (χ0n) is 11.4. The zero-order valence-corrected chi connectivity index (χ0v) is 11.4. The summed E-state index contributed by atoms with van der Waals surface area (Å²) in [6, 6.07) is 4.51. The van der Waals surface area contributed by atoms with Gasteiger partial charge in [-0.05, 0) is 23.6 Å². The van der Waals surface area contributed by atoms with E-state index in [-0.39, 0.29) is 30.5 Å². The number of methoxy groups -OCH3 is 1. The van der Waals surface area contributed by atoms with E-state index < -0.39 is 11.9 Å². The minimum atomic E-state index is -0.660. The SMILES string of the molecule is COc1ccc(CNC(=O)CC(O)C(C)C)cc1F. The Morgan fingerprint density at radius 2 is 2.16 bits per heavy atom. The summed E-state index contributed by atoms with van der Waals surface area (Å²) in [6.45, 7) is 3.91. The quantitative estimate of drug-likeness (QED) is 0.828. The third-order valence-electron chi connectivity index (χ3n) is 2.87. The lowest BCUT2D eigenvalue weighted by Crippen LogP contribution is -2.29. The summed E-state index contributed by atoms with van der Waals surface area (Å²) in [5, 5.41) is 12.2. The molecule has 0 radical (unpaired) electrons. The Balaban J connectivity index is 2.48. The first kappa shape index (κ1) is 15.4. The molecule has 1 aromatic carbocycles. The van der Waals surface area contributed by atoms with Crippen molar-refractivity contribution in [3.63, 3.8) is 0 Å². The van der Waals surface area contributed by atoms with Gasteiger partial charge in [-0.3, -0.25) is 4.79 Å². The molecule has 19 heavy (non-hydrogen) atoms. The van der Waals surface area contributed by atoms with Crippen molar-refractivity contribution in [2.75, 3.05) is 7.11 Å². The average molecular weight is 269 g/mol. The predicted molar refractivity (Wildman–Crippen MR) is 70.3 cm³/mol. The van der Waals surface area contributed by atoms with Gasteiger partial charge in [-0.2, -0.15) is 0 Å². The van der Waals surface area contributed by atoms with E-state index in [1.807, 2.05) is 13.8 Å². The van der Waals surface area contributed by atoms with E-state index in [2.05, 4.69) is 5.32 Å². The highest BCUT2D eigenvalue weighted by Gasteiger charge is 2.14. The third kappa shape index (κ3) is 4.87. The summed E-state index contributed by atoms with van der Waals surface area (Å²) in [5.41, 5.74) is 0.644. The van der Waals surface area contributed by atoms with Crippen LogP contribution in [-0.4, -0.2) is 24.2 Å². The summed E-state index contributed by atoms with van der Waals surface area (Å²) in [6.07, 6.45) is -0.608. The Kier molecular flexibility index (Phi) is 5.76. The Labute approximate surface area is 112 Å². The molecule has 1 amide bonds. The number of ether oxygens (including phenoxy) is 1. The monoisotopic (exact) mass is 269 g/mol.